The van der Waals surface area contributed by atoms with Gasteiger partial charge in [-0.3, -0.25) is 0 Å². The lowest BCUT2D eigenvalue weighted by Crippen LogP contribution is -2.07. The molecule has 0 aromatic heterocycles. The first-order valence-electron chi connectivity index (χ1n) is 5.65. The van der Waals surface area contributed by atoms with Crippen LogP contribution in [0.15, 0.2) is 45.3 Å². The summed E-state index contributed by atoms with van der Waals surface area (Å²) in [4.78, 5) is 0. The topological polar surface area (TPSA) is 35.2 Å². The van der Waals surface area contributed by atoms with Crippen LogP contribution in [0.3, 0.4) is 0 Å². The third kappa shape index (κ3) is 3.55. The summed E-state index contributed by atoms with van der Waals surface area (Å²) in [7, 11) is 0. The van der Waals surface area contributed by atoms with Crippen LogP contribution in [0, 0.1) is 5.82 Å². The normalized spacial score (nSPS) is 12.3. The van der Waals surface area contributed by atoms with Crippen LogP contribution in [0.5, 0.6) is 11.5 Å². The molecule has 0 amide bonds. The summed E-state index contributed by atoms with van der Waals surface area (Å²) in [6, 6.07) is 9.60. The molecule has 2 aromatic carbocycles. The van der Waals surface area contributed by atoms with E-state index in [0.29, 0.717) is 17.1 Å². The van der Waals surface area contributed by atoms with E-state index in [4.69, 9.17) is 10.5 Å². The largest absolute Gasteiger partial charge is 0.456 e. The first-order chi connectivity index (χ1) is 8.97. The smallest absolute Gasteiger partial charge is 0.141 e. The zero-order valence-corrected chi connectivity index (χ0v) is 13.3. The van der Waals surface area contributed by atoms with Crippen molar-refractivity contribution in [3.05, 3.63) is 56.7 Å². The molecule has 0 unspecified atom stereocenters. The molecule has 5 heteroatoms. The first kappa shape index (κ1) is 14.5. The van der Waals surface area contributed by atoms with Crippen molar-refractivity contribution >= 4 is 31.9 Å². The molecule has 0 aliphatic rings. The van der Waals surface area contributed by atoms with E-state index in [1.165, 1.54) is 12.1 Å². The summed E-state index contributed by atoms with van der Waals surface area (Å²) in [5.74, 6) is 0.880. The van der Waals surface area contributed by atoms with E-state index in [1.54, 1.807) is 13.0 Å². The van der Waals surface area contributed by atoms with Crippen LogP contribution in [0.25, 0.3) is 0 Å². The van der Waals surface area contributed by atoms with Gasteiger partial charge in [0.1, 0.15) is 17.3 Å². The Bertz CT molecular complexity index is 602. The number of hydrogen-bond acceptors (Lipinski definition) is 2. The Morgan fingerprint density at radius 2 is 1.79 bits per heavy atom. The summed E-state index contributed by atoms with van der Waals surface area (Å²) >= 11 is 6.79. The zero-order valence-electron chi connectivity index (χ0n) is 10.2. The third-order valence-corrected chi connectivity index (χ3v) is 3.69. The lowest BCUT2D eigenvalue weighted by atomic mass is 10.1. The molecular formula is C14H12Br2FNO. The fourth-order valence-corrected chi connectivity index (χ4v) is 2.77. The lowest BCUT2D eigenvalue weighted by Gasteiger charge is -2.14. The highest BCUT2D eigenvalue weighted by atomic mass is 79.9. The zero-order chi connectivity index (χ0) is 14.0. The molecule has 19 heavy (non-hydrogen) atoms. The maximum atomic E-state index is 13.3. The Morgan fingerprint density at radius 3 is 2.42 bits per heavy atom. The van der Waals surface area contributed by atoms with E-state index in [9.17, 15) is 4.39 Å². The summed E-state index contributed by atoms with van der Waals surface area (Å²) in [5, 5.41) is 0. The summed E-state index contributed by atoms with van der Waals surface area (Å²) in [5.41, 5.74) is 6.47. The van der Waals surface area contributed by atoms with Gasteiger partial charge < -0.3 is 10.5 Å². The summed E-state index contributed by atoms with van der Waals surface area (Å²) in [6.07, 6.45) is 0. The van der Waals surface area contributed by atoms with E-state index in [0.717, 1.165) is 8.95 Å². The second kappa shape index (κ2) is 6.03. The van der Waals surface area contributed by atoms with Gasteiger partial charge in [-0.2, -0.15) is 0 Å². The van der Waals surface area contributed by atoms with E-state index >= 15 is 0 Å². The van der Waals surface area contributed by atoms with Crippen LogP contribution < -0.4 is 10.5 Å². The Balaban J connectivity index is 2.38. The predicted molar refractivity (Wildman–Crippen MR) is 80.9 cm³/mol. The number of rotatable bonds is 3. The van der Waals surface area contributed by atoms with Gasteiger partial charge in [0.25, 0.3) is 0 Å². The molecule has 0 spiro atoms. The second-order valence-electron chi connectivity index (χ2n) is 4.15. The van der Waals surface area contributed by atoms with Gasteiger partial charge in [-0.25, -0.2) is 4.39 Å². The van der Waals surface area contributed by atoms with Crippen LogP contribution >= 0.6 is 31.9 Å². The molecule has 2 N–H and O–H groups in total. The highest BCUT2D eigenvalue weighted by Gasteiger charge is 2.12. The fourth-order valence-electron chi connectivity index (χ4n) is 1.64. The van der Waals surface area contributed by atoms with Gasteiger partial charge in [-0.1, -0.05) is 15.9 Å². The molecule has 1 atom stereocenters. The molecule has 0 heterocycles. The maximum absolute atomic E-state index is 13.3. The van der Waals surface area contributed by atoms with Crippen LogP contribution in [-0.2, 0) is 0 Å². The number of ether oxygens (including phenoxy) is 1. The van der Waals surface area contributed by atoms with Crippen LogP contribution in [0.4, 0.5) is 4.39 Å². The van der Waals surface area contributed by atoms with Gasteiger partial charge in [0.15, 0.2) is 0 Å². The molecule has 0 saturated heterocycles. The SMILES string of the molecule is C[C@H](N)c1cc(F)ccc1Oc1ccc(Br)cc1Br. The van der Waals surface area contributed by atoms with Crippen molar-refractivity contribution in [2.75, 3.05) is 0 Å². The quantitative estimate of drug-likeness (QED) is 0.787. The van der Waals surface area contributed by atoms with E-state index in [1.807, 2.05) is 18.2 Å². The minimum atomic E-state index is -0.325. The van der Waals surface area contributed by atoms with Crippen molar-refractivity contribution in [1.82, 2.24) is 0 Å². The van der Waals surface area contributed by atoms with Gasteiger partial charge in [0.2, 0.25) is 0 Å². The minimum Gasteiger partial charge on any atom is -0.456 e. The van der Waals surface area contributed by atoms with Gasteiger partial charge in [0.05, 0.1) is 4.47 Å². The molecule has 0 bridgehead atoms. The van der Waals surface area contributed by atoms with Gasteiger partial charge in [-0.15, -0.1) is 0 Å². The van der Waals surface area contributed by atoms with Crippen molar-refractivity contribution in [2.24, 2.45) is 5.73 Å². The molecule has 0 saturated carbocycles. The van der Waals surface area contributed by atoms with Gasteiger partial charge in [-0.05, 0) is 59.3 Å². The van der Waals surface area contributed by atoms with Gasteiger partial charge >= 0.3 is 0 Å². The third-order valence-electron chi connectivity index (χ3n) is 2.58. The monoisotopic (exact) mass is 387 g/mol. The van der Waals surface area contributed by atoms with Crippen LogP contribution in [-0.4, -0.2) is 0 Å². The van der Waals surface area contributed by atoms with Gasteiger partial charge in [0, 0.05) is 16.1 Å². The molecular weight excluding hydrogens is 377 g/mol. The number of halogens is 3. The summed E-state index contributed by atoms with van der Waals surface area (Å²) < 4.78 is 20.8. The molecule has 2 rings (SSSR count). The summed E-state index contributed by atoms with van der Waals surface area (Å²) in [6.45, 7) is 1.79. The standard InChI is InChI=1S/C14H12Br2FNO/c1-8(18)11-7-10(17)3-5-13(11)19-14-4-2-9(15)6-12(14)16/h2-8H,18H2,1H3/t8-/m0/s1. The highest BCUT2D eigenvalue weighted by Crippen LogP contribution is 2.35. The van der Waals surface area contributed by atoms with Crippen molar-refractivity contribution in [3.8, 4) is 11.5 Å². The number of benzene rings is 2. The Labute approximate surface area is 128 Å². The van der Waals surface area contributed by atoms with Crippen molar-refractivity contribution < 1.29 is 9.13 Å². The first-order valence-corrected chi connectivity index (χ1v) is 7.24. The van der Waals surface area contributed by atoms with Crippen molar-refractivity contribution in [1.29, 1.82) is 0 Å². The van der Waals surface area contributed by atoms with Crippen molar-refractivity contribution in [3.63, 3.8) is 0 Å². The average Bonchev–Trinajstić information content (AvgIpc) is 2.34. The van der Waals surface area contributed by atoms with Crippen molar-refractivity contribution in [2.45, 2.75) is 13.0 Å². The predicted octanol–water partition coefficient (Wildman–Crippen LogP) is 5.16. The van der Waals surface area contributed by atoms with E-state index in [2.05, 4.69) is 31.9 Å². The van der Waals surface area contributed by atoms with Crippen LogP contribution in [0.1, 0.15) is 18.5 Å². The molecule has 0 radical (unpaired) electrons. The molecule has 0 aliphatic heterocycles. The fraction of sp³-hybridized carbons (Fsp3) is 0.143. The minimum absolute atomic E-state index is 0.306. The lowest BCUT2D eigenvalue weighted by molar-refractivity contribution is 0.466. The van der Waals surface area contributed by atoms with E-state index < -0.39 is 0 Å². The molecule has 100 valence electrons. The molecule has 0 aliphatic carbocycles. The Hall–Kier alpha value is -0.910. The maximum Gasteiger partial charge on any atom is 0.141 e. The highest BCUT2D eigenvalue weighted by molar-refractivity contribution is 9.11. The molecule has 0 fully saturated rings. The number of nitrogens with two attached hydrogens (primary N) is 1. The Kier molecular flexibility index (Phi) is 4.60. The molecule has 2 nitrogen and oxygen atoms in total. The van der Waals surface area contributed by atoms with Crippen LogP contribution in [0.2, 0.25) is 0 Å². The van der Waals surface area contributed by atoms with E-state index in [-0.39, 0.29) is 11.9 Å². The second-order valence-corrected chi connectivity index (χ2v) is 5.92. The Morgan fingerprint density at radius 1 is 1.11 bits per heavy atom. The molecule has 2 aromatic rings. The number of hydrogen-bond donors (Lipinski definition) is 1. The average molecular weight is 389 g/mol.